The molecule has 0 spiro atoms. The molecule has 1 unspecified atom stereocenters. The van der Waals surface area contributed by atoms with E-state index in [4.69, 9.17) is 11.5 Å². The highest BCUT2D eigenvalue weighted by Crippen LogP contribution is 2.25. The van der Waals surface area contributed by atoms with Gasteiger partial charge in [0.05, 0.1) is 11.4 Å². The molecule has 1 aliphatic rings. The van der Waals surface area contributed by atoms with Crippen LogP contribution in [0.4, 0.5) is 11.5 Å². The van der Waals surface area contributed by atoms with Gasteiger partial charge in [-0.25, -0.2) is 4.98 Å². The van der Waals surface area contributed by atoms with Crippen molar-refractivity contribution in [1.82, 2.24) is 4.98 Å². The molecule has 1 aliphatic heterocycles. The normalized spacial score (nSPS) is 19.8. The number of nitrogen functional groups attached to an aromatic ring is 1. The van der Waals surface area contributed by atoms with Crippen molar-refractivity contribution in [3.05, 3.63) is 17.8 Å². The predicted molar refractivity (Wildman–Crippen MR) is 58.3 cm³/mol. The van der Waals surface area contributed by atoms with Crippen molar-refractivity contribution in [1.29, 1.82) is 0 Å². The Morgan fingerprint density at radius 3 is 2.80 bits per heavy atom. The summed E-state index contributed by atoms with van der Waals surface area (Å²) in [5.41, 5.74) is 12.4. The lowest BCUT2D eigenvalue weighted by Gasteiger charge is -2.39. The predicted octanol–water partition coefficient (Wildman–Crippen LogP) is 0.0362. The Bertz CT molecular complexity index is 404. The van der Waals surface area contributed by atoms with E-state index in [1.165, 1.54) is 0 Å². The molecular weight excluding hydrogens is 192 g/mol. The number of nitrogens with two attached hydrogens (primary N) is 2. The molecular formula is C10H14N4O. The van der Waals surface area contributed by atoms with Gasteiger partial charge in [-0.15, -0.1) is 0 Å². The van der Waals surface area contributed by atoms with E-state index in [1.807, 2.05) is 17.9 Å². The summed E-state index contributed by atoms with van der Waals surface area (Å²) in [7, 11) is 0. The van der Waals surface area contributed by atoms with Crippen molar-refractivity contribution in [3.8, 4) is 0 Å². The fourth-order valence-electron chi connectivity index (χ4n) is 1.68. The second kappa shape index (κ2) is 3.42. The third-order valence-electron chi connectivity index (χ3n) is 2.75. The van der Waals surface area contributed by atoms with Gasteiger partial charge in [0.25, 0.3) is 0 Å². The lowest BCUT2D eigenvalue weighted by Crippen LogP contribution is -2.55. The summed E-state index contributed by atoms with van der Waals surface area (Å²) < 4.78 is 0. The van der Waals surface area contributed by atoms with Crippen molar-refractivity contribution in [2.45, 2.75) is 19.4 Å². The molecule has 0 radical (unpaired) electrons. The largest absolute Gasteiger partial charge is 0.397 e. The number of rotatable bonds is 2. The molecule has 5 heteroatoms. The minimum atomic E-state index is -0.294. The number of amides is 1. The maximum atomic E-state index is 11.0. The minimum absolute atomic E-state index is 0.208. The summed E-state index contributed by atoms with van der Waals surface area (Å²) in [6.07, 6.45) is 0.806. The van der Waals surface area contributed by atoms with Gasteiger partial charge in [-0.2, -0.15) is 0 Å². The van der Waals surface area contributed by atoms with Gasteiger partial charge in [0.2, 0.25) is 5.91 Å². The SMILES string of the molecule is Cc1nc(N2CCC2C(N)=O)ccc1N. The Balaban J connectivity index is 2.23. The highest BCUT2D eigenvalue weighted by atomic mass is 16.1. The molecule has 80 valence electrons. The van der Waals surface area contributed by atoms with Crippen LogP contribution in [0.2, 0.25) is 0 Å². The van der Waals surface area contributed by atoms with Crippen LogP contribution >= 0.6 is 0 Å². The standard InChI is InChI=1S/C10H14N4O/c1-6-7(11)2-3-9(13-6)14-5-4-8(14)10(12)15/h2-3,8H,4-5,11H2,1H3,(H2,12,15). The maximum absolute atomic E-state index is 11.0. The first-order valence-corrected chi connectivity index (χ1v) is 4.88. The zero-order valence-electron chi connectivity index (χ0n) is 8.60. The molecule has 1 amide bonds. The van der Waals surface area contributed by atoms with Gasteiger partial charge in [0, 0.05) is 6.54 Å². The first-order chi connectivity index (χ1) is 7.09. The summed E-state index contributed by atoms with van der Waals surface area (Å²) >= 11 is 0. The van der Waals surface area contributed by atoms with Crippen LogP contribution in [0.5, 0.6) is 0 Å². The molecule has 4 N–H and O–H groups in total. The van der Waals surface area contributed by atoms with E-state index in [1.54, 1.807) is 6.07 Å². The number of pyridine rings is 1. The lowest BCUT2D eigenvalue weighted by atomic mass is 10.0. The number of hydrogen-bond acceptors (Lipinski definition) is 4. The lowest BCUT2D eigenvalue weighted by molar-refractivity contribution is -0.120. The third-order valence-corrected chi connectivity index (χ3v) is 2.75. The van der Waals surface area contributed by atoms with E-state index >= 15 is 0 Å². The van der Waals surface area contributed by atoms with E-state index in [2.05, 4.69) is 4.98 Å². The number of aromatic nitrogens is 1. The minimum Gasteiger partial charge on any atom is -0.397 e. The monoisotopic (exact) mass is 206 g/mol. The van der Waals surface area contributed by atoms with Gasteiger partial charge in [-0.3, -0.25) is 4.79 Å². The van der Waals surface area contributed by atoms with Crippen LogP contribution in [0.15, 0.2) is 12.1 Å². The number of hydrogen-bond donors (Lipinski definition) is 2. The van der Waals surface area contributed by atoms with E-state index in [-0.39, 0.29) is 11.9 Å². The third kappa shape index (κ3) is 1.60. The van der Waals surface area contributed by atoms with Crippen LogP contribution in [0.3, 0.4) is 0 Å². The average molecular weight is 206 g/mol. The molecule has 1 atom stereocenters. The van der Waals surface area contributed by atoms with Crippen molar-refractivity contribution in [2.75, 3.05) is 17.2 Å². The van der Waals surface area contributed by atoms with Gasteiger partial charge in [0.1, 0.15) is 11.9 Å². The molecule has 0 saturated carbocycles. The van der Waals surface area contributed by atoms with Crippen molar-refractivity contribution >= 4 is 17.4 Å². The van der Waals surface area contributed by atoms with Crippen LogP contribution in [0.25, 0.3) is 0 Å². The molecule has 5 nitrogen and oxygen atoms in total. The van der Waals surface area contributed by atoms with Crippen molar-refractivity contribution in [2.24, 2.45) is 5.73 Å². The maximum Gasteiger partial charge on any atom is 0.240 e. The molecule has 15 heavy (non-hydrogen) atoms. The van der Waals surface area contributed by atoms with Gasteiger partial charge < -0.3 is 16.4 Å². The smallest absolute Gasteiger partial charge is 0.240 e. The number of nitrogens with zero attached hydrogens (tertiary/aromatic N) is 2. The molecule has 2 rings (SSSR count). The Kier molecular flexibility index (Phi) is 2.22. The molecule has 1 aromatic heterocycles. The number of primary amides is 1. The molecule has 1 fully saturated rings. The second-order valence-electron chi connectivity index (χ2n) is 3.74. The fourth-order valence-corrected chi connectivity index (χ4v) is 1.68. The number of aryl methyl sites for hydroxylation is 1. The van der Waals surface area contributed by atoms with E-state index in [9.17, 15) is 4.79 Å². The highest BCUT2D eigenvalue weighted by molar-refractivity contribution is 5.85. The molecule has 1 saturated heterocycles. The summed E-state index contributed by atoms with van der Waals surface area (Å²) in [6, 6.07) is 3.41. The number of carbonyl (C=O) groups is 1. The molecule has 2 heterocycles. The number of anilines is 2. The Morgan fingerprint density at radius 1 is 1.60 bits per heavy atom. The van der Waals surface area contributed by atoms with Gasteiger partial charge in [-0.1, -0.05) is 0 Å². The first kappa shape index (κ1) is 9.76. The summed E-state index contributed by atoms with van der Waals surface area (Å²) in [6.45, 7) is 2.67. The van der Waals surface area contributed by atoms with Crippen molar-refractivity contribution in [3.63, 3.8) is 0 Å². The second-order valence-corrected chi connectivity index (χ2v) is 3.74. The van der Waals surface area contributed by atoms with Gasteiger partial charge >= 0.3 is 0 Å². The highest BCUT2D eigenvalue weighted by Gasteiger charge is 2.33. The zero-order valence-corrected chi connectivity index (χ0v) is 8.60. The fraction of sp³-hybridized carbons (Fsp3) is 0.400. The summed E-state index contributed by atoms with van der Waals surface area (Å²) in [5, 5.41) is 0. The van der Waals surface area contributed by atoms with E-state index in [0.29, 0.717) is 5.69 Å². The Morgan fingerprint density at radius 2 is 2.33 bits per heavy atom. The average Bonchev–Trinajstić information content (AvgIpc) is 2.08. The Labute approximate surface area is 88.1 Å². The van der Waals surface area contributed by atoms with Gasteiger partial charge in [-0.05, 0) is 25.5 Å². The van der Waals surface area contributed by atoms with Crippen LogP contribution < -0.4 is 16.4 Å². The van der Waals surface area contributed by atoms with Crippen molar-refractivity contribution < 1.29 is 4.79 Å². The summed E-state index contributed by atoms with van der Waals surface area (Å²) in [4.78, 5) is 17.3. The molecule has 0 aromatic carbocycles. The number of carbonyl (C=O) groups excluding carboxylic acids is 1. The Hall–Kier alpha value is -1.78. The van der Waals surface area contributed by atoms with Crippen LogP contribution in [-0.4, -0.2) is 23.5 Å². The van der Waals surface area contributed by atoms with E-state index < -0.39 is 0 Å². The molecule has 1 aromatic rings. The quantitative estimate of drug-likeness (QED) is 0.715. The van der Waals surface area contributed by atoms with Crippen LogP contribution in [0.1, 0.15) is 12.1 Å². The van der Waals surface area contributed by atoms with E-state index in [0.717, 1.165) is 24.5 Å². The summed E-state index contributed by atoms with van der Waals surface area (Å²) in [5.74, 6) is 0.481. The van der Waals surface area contributed by atoms with Crippen LogP contribution in [0, 0.1) is 6.92 Å². The molecule has 0 bridgehead atoms. The zero-order chi connectivity index (χ0) is 11.0. The van der Waals surface area contributed by atoms with Crippen LogP contribution in [-0.2, 0) is 4.79 Å². The topological polar surface area (TPSA) is 85.2 Å². The molecule has 0 aliphatic carbocycles. The van der Waals surface area contributed by atoms with Gasteiger partial charge in [0.15, 0.2) is 0 Å². The first-order valence-electron chi connectivity index (χ1n) is 4.88.